The Morgan fingerprint density at radius 3 is 2.12 bits per heavy atom. The maximum atomic E-state index is 13.1. The van der Waals surface area contributed by atoms with Crippen molar-refractivity contribution in [1.29, 1.82) is 0 Å². The van der Waals surface area contributed by atoms with Crippen LogP contribution < -0.4 is 9.47 Å². The third-order valence-electron chi connectivity index (χ3n) is 4.06. The Kier molecular flexibility index (Phi) is 9.03. The van der Waals surface area contributed by atoms with Gasteiger partial charge in [0.05, 0.1) is 20.8 Å². The number of Topliss-reactive ketones (excluding diaryl/α,β-unsaturated/α-hetero) is 1. The molecule has 0 spiro atoms. The molecule has 0 radical (unpaired) electrons. The highest BCUT2D eigenvalue weighted by molar-refractivity contribution is 6.11. The average Bonchev–Trinajstić information content (AvgIpc) is 2.60. The van der Waals surface area contributed by atoms with Crippen molar-refractivity contribution in [2.45, 2.75) is 46.5 Å². The van der Waals surface area contributed by atoms with E-state index >= 15 is 0 Å². The molecule has 0 fully saturated rings. The number of esters is 1. The van der Waals surface area contributed by atoms with Gasteiger partial charge in [-0.15, -0.1) is 0 Å². The van der Waals surface area contributed by atoms with Gasteiger partial charge in [0.15, 0.2) is 5.78 Å². The molecule has 0 bridgehead atoms. The summed E-state index contributed by atoms with van der Waals surface area (Å²) in [5.41, 5.74) is 0.300. The quantitative estimate of drug-likeness (QED) is 0.339. The predicted octanol–water partition coefficient (Wildman–Crippen LogP) is 4.28. The van der Waals surface area contributed by atoms with Gasteiger partial charge in [-0.05, 0) is 30.9 Å². The number of hydrogen-bond acceptors (Lipinski definition) is 5. The van der Waals surface area contributed by atoms with E-state index in [-0.39, 0.29) is 5.78 Å². The molecule has 0 amide bonds. The number of unbranched alkanes of at least 4 members (excludes halogenated alkanes) is 1. The van der Waals surface area contributed by atoms with Crippen molar-refractivity contribution < 1.29 is 23.8 Å². The fourth-order valence-corrected chi connectivity index (χ4v) is 2.53. The van der Waals surface area contributed by atoms with Crippen LogP contribution in [0, 0.1) is 11.8 Å². The van der Waals surface area contributed by atoms with Gasteiger partial charge in [-0.25, -0.2) is 0 Å². The molecular weight excluding hydrogens is 320 g/mol. The number of ketones is 1. The summed E-state index contributed by atoms with van der Waals surface area (Å²) in [7, 11) is 2.99. The van der Waals surface area contributed by atoms with Crippen LogP contribution in [0.25, 0.3) is 0 Å². The summed E-state index contributed by atoms with van der Waals surface area (Å²) in [4.78, 5) is 25.6. The largest absolute Gasteiger partial charge is 0.496 e. The van der Waals surface area contributed by atoms with Crippen LogP contribution in [0.1, 0.15) is 56.8 Å². The number of ether oxygens (including phenoxy) is 3. The molecule has 1 unspecified atom stereocenters. The Morgan fingerprint density at radius 2 is 1.64 bits per heavy atom. The van der Waals surface area contributed by atoms with Crippen LogP contribution in [0.5, 0.6) is 11.5 Å². The van der Waals surface area contributed by atoms with Crippen molar-refractivity contribution in [2.24, 2.45) is 11.8 Å². The molecule has 25 heavy (non-hydrogen) atoms. The molecule has 1 atom stereocenters. The summed E-state index contributed by atoms with van der Waals surface area (Å²) >= 11 is 0. The maximum Gasteiger partial charge on any atom is 0.316 e. The second-order valence-corrected chi connectivity index (χ2v) is 6.45. The van der Waals surface area contributed by atoms with Crippen molar-refractivity contribution in [3.8, 4) is 11.5 Å². The molecule has 0 aromatic heterocycles. The number of methoxy groups -OCH3 is 2. The Balaban J connectivity index is 3.06. The first kappa shape index (κ1) is 21.0. The highest BCUT2D eigenvalue weighted by Gasteiger charge is 2.32. The van der Waals surface area contributed by atoms with Crippen LogP contribution >= 0.6 is 0 Å². The van der Waals surface area contributed by atoms with Gasteiger partial charge in [-0.1, -0.05) is 39.7 Å². The lowest BCUT2D eigenvalue weighted by atomic mass is 9.91. The predicted molar refractivity (Wildman–Crippen MR) is 97.3 cm³/mol. The molecule has 0 aliphatic heterocycles. The molecule has 1 aromatic carbocycles. The van der Waals surface area contributed by atoms with E-state index in [0.29, 0.717) is 36.0 Å². The van der Waals surface area contributed by atoms with Crippen LogP contribution in [0.15, 0.2) is 18.2 Å². The van der Waals surface area contributed by atoms with E-state index in [1.165, 1.54) is 14.2 Å². The van der Waals surface area contributed by atoms with E-state index in [1.54, 1.807) is 18.2 Å². The maximum absolute atomic E-state index is 13.1. The fourth-order valence-electron chi connectivity index (χ4n) is 2.53. The molecule has 1 aromatic rings. The Hall–Kier alpha value is -2.04. The van der Waals surface area contributed by atoms with E-state index < -0.39 is 11.9 Å². The average molecular weight is 350 g/mol. The van der Waals surface area contributed by atoms with Crippen LogP contribution in [0.4, 0.5) is 0 Å². The summed E-state index contributed by atoms with van der Waals surface area (Å²) in [6, 6.07) is 5.13. The molecule has 0 saturated carbocycles. The van der Waals surface area contributed by atoms with Crippen LogP contribution in [0.3, 0.4) is 0 Å². The Labute approximate surface area is 150 Å². The summed E-state index contributed by atoms with van der Waals surface area (Å²) in [5.74, 6) is -0.366. The topological polar surface area (TPSA) is 61.8 Å². The number of carbonyl (C=O) groups is 2. The molecule has 0 saturated heterocycles. The number of rotatable bonds is 11. The van der Waals surface area contributed by atoms with E-state index in [1.807, 2.05) is 6.92 Å². The van der Waals surface area contributed by atoms with E-state index in [2.05, 4.69) is 13.8 Å². The molecule has 0 N–H and O–H groups in total. The second kappa shape index (κ2) is 10.7. The zero-order valence-electron chi connectivity index (χ0n) is 16.0. The van der Waals surface area contributed by atoms with Crippen LogP contribution in [-0.4, -0.2) is 32.6 Å². The van der Waals surface area contributed by atoms with Gasteiger partial charge in [0, 0.05) is 0 Å². The molecular formula is C20H30O5. The molecule has 0 heterocycles. The summed E-state index contributed by atoms with van der Waals surface area (Å²) in [6.07, 6.45) is 2.90. The lowest BCUT2D eigenvalue weighted by Crippen LogP contribution is -2.27. The van der Waals surface area contributed by atoms with Gasteiger partial charge in [0.1, 0.15) is 23.0 Å². The smallest absolute Gasteiger partial charge is 0.316 e. The summed E-state index contributed by atoms with van der Waals surface area (Å²) in [5, 5.41) is 0. The van der Waals surface area contributed by atoms with Crippen molar-refractivity contribution in [1.82, 2.24) is 0 Å². The normalized spacial score (nSPS) is 11.9. The number of benzene rings is 1. The van der Waals surface area contributed by atoms with Gasteiger partial charge < -0.3 is 14.2 Å². The van der Waals surface area contributed by atoms with Gasteiger partial charge in [0.2, 0.25) is 0 Å². The molecule has 5 nitrogen and oxygen atoms in total. The fraction of sp³-hybridized carbons (Fsp3) is 0.600. The Morgan fingerprint density at radius 1 is 1.04 bits per heavy atom. The minimum Gasteiger partial charge on any atom is -0.496 e. The lowest BCUT2D eigenvalue weighted by molar-refractivity contribution is -0.147. The first-order valence-corrected chi connectivity index (χ1v) is 8.88. The monoisotopic (exact) mass is 350 g/mol. The third kappa shape index (κ3) is 6.07. The summed E-state index contributed by atoms with van der Waals surface area (Å²) in [6.45, 7) is 6.48. The van der Waals surface area contributed by atoms with Gasteiger partial charge in [-0.2, -0.15) is 0 Å². The summed E-state index contributed by atoms with van der Waals surface area (Å²) < 4.78 is 16.0. The highest BCUT2D eigenvalue weighted by atomic mass is 16.5. The Bertz CT molecular complexity index is 543. The zero-order valence-corrected chi connectivity index (χ0v) is 16.0. The molecule has 140 valence electrons. The molecule has 5 heteroatoms. The number of hydrogen-bond donors (Lipinski definition) is 0. The molecule has 1 rings (SSSR count). The van der Waals surface area contributed by atoms with E-state index in [9.17, 15) is 9.59 Å². The minimum atomic E-state index is -0.836. The lowest BCUT2D eigenvalue weighted by Gasteiger charge is -2.18. The van der Waals surface area contributed by atoms with Gasteiger partial charge in [0.25, 0.3) is 0 Å². The SMILES string of the molecule is CCCCC(C(=O)OCCC(C)C)C(=O)c1c(OC)cccc1OC. The second-order valence-electron chi connectivity index (χ2n) is 6.45. The van der Waals surface area contributed by atoms with Crippen molar-refractivity contribution in [3.05, 3.63) is 23.8 Å². The van der Waals surface area contributed by atoms with Crippen molar-refractivity contribution in [2.75, 3.05) is 20.8 Å². The van der Waals surface area contributed by atoms with E-state index in [4.69, 9.17) is 14.2 Å². The first-order valence-electron chi connectivity index (χ1n) is 8.88. The minimum absolute atomic E-state index is 0.300. The highest BCUT2D eigenvalue weighted by Crippen LogP contribution is 2.32. The van der Waals surface area contributed by atoms with E-state index in [0.717, 1.165) is 19.3 Å². The van der Waals surface area contributed by atoms with Crippen LogP contribution in [-0.2, 0) is 9.53 Å². The van der Waals surface area contributed by atoms with Crippen LogP contribution in [0.2, 0.25) is 0 Å². The number of carbonyl (C=O) groups excluding carboxylic acids is 2. The van der Waals surface area contributed by atoms with Crippen molar-refractivity contribution >= 4 is 11.8 Å². The molecule has 0 aliphatic carbocycles. The van der Waals surface area contributed by atoms with Crippen molar-refractivity contribution in [3.63, 3.8) is 0 Å². The standard InChI is InChI=1S/C20H30O5/c1-6-7-9-15(20(22)25-13-12-14(2)3)19(21)18-16(23-4)10-8-11-17(18)24-5/h8,10-11,14-15H,6-7,9,12-13H2,1-5H3. The van der Waals surface area contributed by atoms with Gasteiger partial charge >= 0.3 is 5.97 Å². The third-order valence-corrected chi connectivity index (χ3v) is 4.06. The molecule has 0 aliphatic rings. The first-order chi connectivity index (χ1) is 12.0. The van der Waals surface area contributed by atoms with Gasteiger partial charge in [-0.3, -0.25) is 9.59 Å². The zero-order chi connectivity index (χ0) is 18.8.